The Morgan fingerprint density at radius 1 is 0.600 bits per heavy atom. The van der Waals surface area contributed by atoms with E-state index in [9.17, 15) is 0 Å². The van der Waals surface area contributed by atoms with Crippen LogP contribution in [0.15, 0.2) is 75.7 Å². The summed E-state index contributed by atoms with van der Waals surface area (Å²) in [4.78, 5) is 9.87. The number of aromatic nitrogens is 2. The quantitative estimate of drug-likeness (QED) is 0.333. The topological polar surface area (TPSA) is 25.8 Å². The van der Waals surface area contributed by atoms with Crippen molar-refractivity contribution >= 4 is 42.9 Å². The highest BCUT2D eigenvalue weighted by Crippen LogP contribution is 2.32. The van der Waals surface area contributed by atoms with E-state index in [1.165, 1.54) is 5.56 Å². The Kier molecular flexibility index (Phi) is 4.40. The molecule has 122 valence electrons. The molecule has 2 nitrogen and oxygen atoms in total. The SMILES string of the molecule is Cc1ccc2nc(-c3ccc(Br)cc3)c(-c3ccc(Br)cc3)nc2c1. The minimum atomic E-state index is 0.895. The summed E-state index contributed by atoms with van der Waals surface area (Å²) in [5, 5.41) is 0. The van der Waals surface area contributed by atoms with Gasteiger partial charge in [-0.2, -0.15) is 0 Å². The fourth-order valence-corrected chi connectivity index (χ4v) is 3.31. The molecule has 0 saturated carbocycles. The highest BCUT2D eigenvalue weighted by molar-refractivity contribution is 9.10. The van der Waals surface area contributed by atoms with Gasteiger partial charge in [-0.05, 0) is 48.9 Å². The van der Waals surface area contributed by atoms with E-state index in [1.54, 1.807) is 0 Å². The summed E-state index contributed by atoms with van der Waals surface area (Å²) in [5.41, 5.74) is 6.90. The summed E-state index contributed by atoms with van der Waals surface area (Å²) in [6.07, 6.45) is 0. The van der Waals surface area contributed by atoms with Crippen LogP contribution in [0.1, 0.15) is 5.56 Å². The molecule has 0 amide bonds. The molecule has 0 atom stereocenters. The van der Waals surface area contributed by atoms with Gasteiger partial charge in [-0.1, -0.05) is 62.2 Å². The summed E-state index contributed by atoms with van der Waals surface area (Å²) < 4.78 is 2.09. The highest BCUT2D eigenvalue weighted by atomic mass is 79.9. The zero-order valence-corrected chi connectivity index (χ0v) is 16.7. The lowest BCUT2D eigenvalue weighted by atomic mass is 10.0. The molecule has 0 aliphatic carbocycles. The fraction of sp³-hybridized carbons (Fsp3) is 0.0476. The first-order chi connectivity index (χ1) is 12.1. The van der Waals surface area contributed by atoms with Gasteiger partial charge in [0, 0.05) is 20.1 Å². The van der Waals surface area contributed by atoms with Gasteiger partial charge in [0.1, 0.15) is 0 Å². The van der Waals surface area contributed by atoms with Crippen molar-refractivity contribution in [1.82, 2.24) is 9.97 Å². The van der Waals surface area contributed by atoms with Crippen LogP contribution in [0.25, 0.3) is 33.5 Å². The second-order valence-corrected chi connectivity index (χ2v) is 7.76. The molecular formula is C21H14Br2N2. The van der Waals surface area contributed by atoms with Crippen LogP contribution in [0, 0.1) is 6.92 Å². The minimum absolute atomic E-state index is 0.895. The number of hydrogen-bond donors (Lipinski definition) is 0. The number of fused-ring (bicyclic) bond motifs is 1. The third-order valence-electron chi connectivity index (χ3n) is 4.06. The number of nitrogens with zero attached hydrogens (tertiary/aromatic N) is 2. The normalized spacial score (nSPS) is 11.0. The lowest BCUT2D eigenvalue weighted by Crippen LogP contribution is -1.95. The number of halogens is 2. The van der Waals surface area contributed by atoms with Crippen molar-refractivity contribution in [2.75, 3.05) is 0 Å². The molecule has 4 rings (SSSR count). The molecule has 4 aromatic rings. The lowest BCUT2D eigenvalue weighted by Gasteiger charge is -2.11. The van der Waals surface area contributed by atoms with E-state index >= 15 is 0 Å². The smallest absolute Gasteiger partial charge is 0.0973 e. The first kappa shape index (κ1) is 16.4. The molecule has 0 bridgehead atoms. The highest BCUT2D eigenvalue weighted by Gasteiger charge is 2.13. The first-order valence-electron chi connectivity index (χ1n) is 7.90. The van der Waals surface area contributed by atoms with Gasteiger partial charge < -0.3 is 0 Å². The lowest BCUT2D eigenvalue weighted by molar-refractivity contribution is 1.28. The Bertz CT molecular complexity index is 1060. The zero-order valence-electron chi connectivity index (χ0n) is 13.5. The van der Waals surface area contributed by atoms with Gasteiger partial charge in [-0.3, -0.25) is 0 Å². The van der Waals surface area contributed by atoms with Gasteiger partial charge in [0.15, 0.2) is 0 Å². The maximum Gasteiger partial charge on any atom is 0.0973 e. The monoisotopic (exact) mass is 452 g/mol. The molecule has 0 spiro atoms. The van der Waals surface area contributed by atoms with Crippen LogP contribution in [-0.2, 0) is 0 Å². The number of aryl methyl sites for hydroxylation is 1. The van der Waals surface area contributed by atoms with Crippen LogP contribution in [0.5, 0.6) is 0 Å². The fourth-order valence-electron chi connectivity index (χ4n) is 2.78. The molecule has 0 unspecified atom stereocenters. The molecule has 0 aliphatic rings. The van der Waals surface area contributed by atoms with Crippen LogP contribution in [0.3, 0.4) is 0 Å². The van der Waals surface area contributed by atoms with Gasteiger partial charge in [-0.25, -0.2) is 9.97 Å². The van der Waals surface area contributed by atoms with Crippen molar-refractivity contribution in [3.05, 3.63) is 81.2 Å². The molecule has 1 heterocycles. The van der Waals surface area contributed by atoms with Gasteiger partial charge in [0.05, 0.1) is 22.4 Å². The Morgan fingerprint density at radius 2 is 1.08 bits per heavy atom. The molecule has 4 heteroatoms. The van der Waals surface area contributed by atoms with Gasteiger partial charge in [-0.15, -0.1) is 0 Å². The minimum Gasteiger partial charge on any atom is -0.244 e. The van der Waals surface area contributed by atoms with Crippen molar-refractivity contribution in [2.45, 2.75) is 6.92 Å². The summed E-state index contributed by atoms with van der Waals surface area (Å²) >= 11 is 6.99. The van der Waals surface area contributed by atoms with E-state index in [1.807, 2.05) is 30.3 Å². The van der Waals surface area contributed by atoms with Crippen molar-refractivity contribution in [2.24, 2.45) is 0 Å². The van der Waals surface area contributed by atoms with Crippen LogP contribution < -0.4 is 0 Å². The zero-order chi connectivity index (χ0) is 17.4. The Morgan fingerprint density at radius 3 is 1.60 bits per heavy atom. The van der Waals surface area contributed by atoms with Crippen molar-refractivity contribution in [1.29, 1.82) is 0 Å². The standard InChI is InChI=1S/C21H14Br2N2/c1-13-2-11-18-19(12-13)25-21(15-5-9-17(23)10-6-15)20(24-18)14-3-7-16(22)8-4-14/h2-12H,1H3. The maximum atomic E-state index is 4.95. The average Bonchev–Trinajstić information content (AvgIpc) is 2.62. The van der Waals surface area contributed by atoms with Crippen LogP contribution in [0.4, 0.5) is 0 Å². The van der Waals surface area contributed by atoms with E-state index in [-0.39, 0.29) is 0 Å². The third kappa shape index (κ3) is 3.37. The van der Waals surface area contributed by atoms with Crippen molar-refractivity contribution < 1.29 is 0 Å². The predicted octanol–water partition coefficient (Wildman–Crippen LogP) is 6.80. The van der Waals surface area contributed by atoms with Crippen molar-refractivity contribution in [3.63, 3.8) is 0 Å². The second kappa shape index (κ2) is 6.70. The molecule has 0 fully saturated rings. The number of benzene rings is 3. The van der Waals surface area contributed by atoms with Crippen LogP contribution in [-0.4, -0.2) is 9.97 Å². The maximum absolute atomic E-state index is 4.95. The average molecular weight is 454 g/mol. The predicted molar refractivity (Wildman–Crippen MR) is 111 cm³/mol. The summed E-state index contributed by atoms with van der Waals surface area (Å²) in [7, 11) is 0. The summed E-state index contributed by atoms with van der Waals surface area (Å²) in [6.45, 7) is 2.07. The molecule has 0 N–H and O–H groups in total. The largest absolute Gasteiger partial charge is 0.244 e. The van der Waals surface area contributed by atoms with Gasteiger partial charge in [0.25, 0.3) is 0 Å². The third-order valence-corrected chi connectivity index (χ3v) is 5.11. The van der Waals surface area contributed by atoms with E-state index in [0.717, 1.165) is 42.5 Å². The van der Waals surface area contributed by atoms with Crippen LogP contribution >= 0.6 is 31.9 Å². The Labute approximate surface area is 163 Å². The first-order valence-corrected chi connectivity index (χ1v) is 9.49. The molecule has 0 aliphatic heterocycles. The molecule has 1 aromatic heterocycles. The number of hydrogen-bond acceptors (Lipinski definition) is 2. The summed E-state index contributed by atoms with van der Waals surface area (Å²) in [5.74, 6) is 0. The van der Waals surface area contributed by atoms with Gasteiger partial charge in [0.2, 0.25) is 0 Å². The Balaban J connectivity index is 2.01. The molecule has 0 saturated heterocycles. The molecule has 3 aromatic carbocycles. The van der Waals surface area contributed by atoms with E-state index < -0.39 is 0 Å². The second-order valence-electron chi connectivity index (χ2n) is 5.93. The van der Waals surface area contributed by atoms with E-state index in [2.05, 4.69) is 75.2 Å². The Hall–Kier alpha value is -2.04. The van der Waals surface area contributed by atoms with E-state index in [4.69, 9.17) is 9.97 Å². The van der Waals surface area contributed by atoms with Crippen molar-refractivity contribution in [3.8, 4) is 22.5 Å². The molecular weight excluding hydrogens is 440 g/mol. The molecule has 25 heavy (non-hydrogen) atoms. The van der Waals surface area contributed by atoms with Crippen LogP contribution in [0.2, 0.25) is 0 Å². The number of rotatable bonds is 2. The van der Waals surface area contributed by atoms with Gasteiger partial charge >= 0.3 is 0 Å². The summed E-state index contributed by atoms with van der Waals surface area (Å²) in [6, 6.07) is 22.6. The molecule has 0 radical (unpaired) electrons. The van der Waals surface area contributed by atoms with E-state index in [0.29, 0.717) is 0 Å².